The molecule has 144 valence electrons. The van der Waals surface area contributed by atoms with Crippen molar-refractivity contribution in [3.05, 3.63) is 52.8 Å². The average Bonchev–Trinajstić information content (AvgIpc) is 2.97. The van der Waals surface area contributed by atoms with Crippen LogP contribution in [0.1, 0.15) is 59.4 Å². The number of hydrogen-bond donors (Lipinski definition) is 2. The number of amides is 1. The zero-order valence-corrected chi connectivity index (χ0v) is 16.0. The van der Waals surface area contributed by atoms with Crippen molar-refractivity contribution < 1.29 is 14.7 Å². The molecule has 6 nitrogen and oxygen atoms in total. The van der Waals surface area contributed by atoms with Gasteiger partial charge in [-0.25, -0.2) is 0 Å². The normalized spacial score (nSPS) is 16.1. The van der Waals surface area contributed by atoms with Crippen LogP contribution >= 0.6 is 0 Å². The second-order valence-corrected chi connectivity index (χ2v) is 7.61. The summed E-state index contributed by atoms with van der Waals surface area (Å²) in [7, 11) is 0. The molecule has 0 saturated heterocycles. The van der Waals surface area contributed by atoms with Gasteiger partial charge in [0.1, 0.15) is 0 Å². The lowest BCUT2D eigenvalue weighted by atomic mass is 9.74. The van der Waals surface area contributed by atoms with Crippen LogP contribution in [0.3, 0.4) is 0 Å². The van der Waals surface area contributed by atoms with E-state index in [9.17, 15) is 14.7 Å². The Balaban J connectivity index is 1.68. The second-order valence-electron chi connectivity index (χ2n) is 7.61. The fourth-order valence-corrected chi connectivity index (χ4v) is 3.87. The molecular weight excluding hydrogens is 342 g/mol. The average molecular weight is 369 g/mol. The Bertz CT molecular complexity index is 835. The molecule has 1 fully saturated rings. The van der Waals surface area contributed by atoms with Gasteiger partial charge in [-0.05, 0) is 50.5 Å². The van der Waals surface area contributed by atoms with Crippen LogP contribution in [0.4, 0.5) is 0 Å². The minimum Gasteiger partial charge on any atom is -0.481 e. The van der Waals surface area contributed by atoms with Gasteiger partial charge in [-0.3, -0.25) is 14.3 Å². The Hall–Kier alpha value is -2.63. The highest BCUT2D eigenvalue weighted by Crippen LogP contribution is 2.36. The van der Waals surface area contributed by atoms with Gasteiger partial charge >= 0.3 is 5.97 Å². The first-order valence-electron chi connectivity index (χ1n) is 9.51. The Morgan fingerprint density at radius 2 is 1.93 bits per heavy atom. The molecule has 2 N–H and O–H groups in total. The summed E-state index contributed by atoms with van der Waals surface area (Å²) in [5, 5.41) is 17.0. The largest absolute Gasteiger partial charge is 0.481 e. The Labute approximate surface area is 159 Å². The van der Waals surface area contributed by atoms with Crippen molar-refractivity contribution in [2.24, 2.45) is 5.41 Å². The highest BCUT2D eigenvalue weighted by atomic mass is 16.4. The SMILES string of the molecule is Cc1cc(C)n(Cc2cccc(C(=O)NCC3(C(=O)O)CCCCC3)c2)n1. The van der Waals surface area contributed by atoms with E-state index in [-0.39, 0.29) is 12.5 Å². The monoisotopic (exact) mass is 369 g/mol. The molecule has 0 bridgehead atoms. The molecule has 1 aromatic heterocycles. The predicted molar refractivity (Wildman–Crippen MR) is 103 cm³/mol. The molecule has 0 radical (unpaired) electrons. The Kier molecular flexibility index (Phi) is 5.63. The van der Waals surface area contributed by atoms with Crippen molar-refractivity contribution >= 4 is 11.9 Å². The maximum absolute atomic E-state index is 12.6. The fourth-order valence-electron chi connectivity index (χ4n) is 3.87. The molecule has 0 unspecified atom stereocenters. The maximum Gasteiger partial charge on any atom is 0.311 e. The van der Waals surface area contributed by atoms with Crippen molar-refractivity contribution in [1.29, 1.82) is 0 Å². The number of benzene rings is 1. The lowest BCUT2D eigenvalue weighted by Gasteiger charge is -2.33. The highest BCUT2D eigenvalue weighted by Gasteiger charge is 2.39. The molecule has 1 heterocycles. The number of carbonyl (C=O) groups excluding carboxylic acids is 1. The van der Waals surface area contributed by atoms with Crippen LogP contribution in [0.5, 0.6) is 0 Å². The van der Waals surface area contributed by atoms with Crippen LogP contribution < -0.4 is 5.32 Å². The number of rotatable bonds is 6. The smallest absolute Gasteiger partial charge is 0.311 e. The van der Waals surface area contributed by atoms with E-state index >= 15 is 0 Å². The third kappa shape index (κ3) is 4.38. The first-order chi connectivity index (χ1) is 12.9. The van der Waals surface area contributed by atoms with E-state index in [0.29, 0.717) is 24.9 Å². The van der Waals surface area contributed by atoms with E-state index in [2.05, 4.69) is 10.4 Å². The molecule has 3 rings (SSSR count). The van der Waals surface area contributed by atoms with Crippen LogP contribution in [-0.2, 0) is 11.3 Å². The summed E-state index contributed by atoms with van der Waals surface area (Å²) in [6.07, 6.45) is 4.12. The maximum atomic E-state index is 12.6. The van der Waals surface area contributed by atoms with Crippen molar-refractivity contribution in [2.75, 3.05) is 6.54 Å². The zero-order chi connectivity index (χ0) is 19.4. The molecule has 1 aliphatic carbocycles. The van der Waals surface area contributed by atoms with Crippen molar-refractivity contribution in [3.63, 3.8) is 0 Å². The van der Waals surface area contributed by atoms with Gasteiger partial charge in [-0.2, -0.15) is 5.10 Å². The molecule has 1 amide bonds. The number of carbonyl (C=O) groups is 2. The Morgan fingerprint density at radius 1 is 1.19 bits per heavy atom. The molecule has 1 aliphatic rings. The van der Waals surface area contributed by atoms with Gasteiger partial charge in [0, 0.05) is 17.8 Å². The molecular formula is C21H27N3O3. The third-order valence-electron chi connectivity index (χ3n) is 5.48. The van der Waals surface area contributed by atoms with Crippen LogP contribution in [0.15, 0.2) is 30.3 Å². The summed E-state index contributed by atoms with van der Waals surface area (Å²) in [5.41, 5.74) is 2.75. The number of nitrogens with one attached hydrogen (secondary N) is 1. The molecule has 27 heavy (non-hydrogen) atoms. The number of carboxylic acid groups (broad SMARTS) is 1. The highest BCUT2D eigenvalue weighted by molar-refractivity contribution is 5.94. The van der Waals surface area contributed by atoms with E-state index in [1.165, 1.54) is 0 Å². The number of hydrogen-bond acceptors (Lipinski definition) is 3. The van der Waals surface area contributed by atoms with Gasteiger partial charge in [0.15, 0.2) is 0 Å². The zero-order valence-electron chi connectivity index (χ0n) is 16.0. The lowest BCUT2D eigenvalue weighted by molar-refractivity contribution is -0.150. The van der Waals surface area contributed by atoms with Gasteiger partial charge in [0.05, 0.1) is 17.7 Å². The van der Waals surface area contributed by atoms with Gasteiger partial charge in [-0.15, -0.1) is 0 Å². The van der Waals surface area contributed by atoms with Gasteiger partial charge in [0.25, 0.3) is 5.91 Å². The first-order valence-corrected chi connectivity index (χ1v) is 9.51. The number of carboxylic acids is 1. The second kappa shape index (κ2) is 7.94. The molecule has 0 aliphatic heterocycles. The lowest BCUT2D eigenvalue weighted by Crippen LogP contribution is -2.44. The van der Waals surface area contributed by atoms with Gasteiger partial charge < -0.3 is 10.4 Å². The predicted octanol–water partition coefficient (Wildman–Crippen LogP) is 3.31. The summed E-state index contributed by atoms with van der Waals surface area (Å²) < 4.78 is 1.91. The summed E-state index contributed by atoms with van der Waals surface area (Å²) in [4.78, 5) is 24.4. The number of nitrogens with zero attached hydrogens (tertiary/aromatic N) is 2. The van der Waals surface area contributed by atoms with E-state index in [1.807, 2.05) is 42.8 Å². The van der Waals surface area contributed by atoms with Crippen molar-refractivity contribution in [2.45, 2.75) is 52.5 Å². The van der Waals surface area contributed by atoms with Gasteiger partial charge in [0.2, 0.25) is 0 Å². The van der Waals surface area contributed by atoms with Crippen LogP contribution in [0.2, 0.25) is 0 Å². The molecule has 0 spiro atoms. The van der Waals surface area contributed by atoms with Crippen molar-refractivity contribution in [1.82, 2.24) is 15.1 Å². The topological polar surface area (TPSA) is 84.2 Å². The van der Waals surface area contributed by atoms with E-state index in [4.69, 9.17) is 0 Å². The summed E-state index contributed by atoms with van der Waals surface area (Å²) in [5.74, 6) is -1.03. The number of aliphatic carboxylic acids is 1. The number of aromatic nitrogens is 2. The summed E-state index contributed by atoms with van der Waals surface area (Å²) in [6, 6.07) is 9.44. The third-order valence-corrected chi connectivity index (χ3v) is 5.48. The van der Waals surface area contributed by atoms with Gasteiger partial charge in [-0.1, -0.05) is 31.4 Å². The summed E-state index contributed by atoms with van der Waals surface area (Å²) >= 11 is 0. The fraction of sp³-hybridized carbons (Fsp3) is 0.476. The molecule has 0 atom stereocenters. The Morgan fingerprint density at radius 3 is 2.56 bits per heavy atom. The molecule has 1 aromatic carbocycles. The summed E-state index contributed by atoms with van der Waals surface area (Å²) in [6.45, 7) is 4.74. The van der Waals surface area contributed by atoms with E-state index in [1.54, 1.807) is 6.07 Å². The van der Waals surface area contributed by atoms with Crippen molar-refractivity contribution in [3.8, 4) is 0 Å². The minimum atomic E-state index is -0.824. The van der Waals surface area contributed by atoms with Crippen LogP contribution in [0.25, 0.3) is 0 Å². The van der Waals surface area contributed by atoms with Crippen LogP contribution in [0, 0.1) is 19.3 Å². The van der Waals surface area contributed by atoms with E-state index < -0.39 is 11.4 Å². The molecule has 1 saturated carbocycles. The van der Waals surface area contributed by atoms with E-state index in [0.717, 1.165) is 36.2 Å². The van der Waals surface area contributed by atoms with Crippen LogP contribution in [-0.4, -0.2) is 33.3 Å². The molecule has 6 heteroatoms. The number of aryl methyl sites for hydroxylation is 2. The standard InChI is InChI=1S/C21H27N3O3/c1-15-11-16(2)24(23-15)13-17-7-6-8-18(12-17)19(25)22-14-21(20(26)27)9-4-3-5-10-21/h6-8,11-12H,3-5,9-10,13-14H2,1-2H3,(H,22,25)(H,26,27). The molecule has 2 aromatic rings. The quantitative estimate of drug-likeness (QED) is 0.818. The minimum absolute atomic E-state index is 0.183. The first kappa shape index (κ1) is 19.1.